The molecule has 0 N–H and O–H groups in total. The first kappa shape index (κ1) is 13.7. The average Bonchev–Trinajstić information content (AvgIpc) is 3.30. The Balaban J connectivity index is 1.57. The summed E-state index contributed by atoms with van der Waals surface area (Å²) in [6.07, 6.45) is 5.43. The number of aromatic nitrogens is 3. The van der Waals surface area contributed by atoms with E-state index in [0.29, 0.717) is 28.2 Å². The summed E-state index contributed by atoms with van der Waals surface area (Å²) >= 11 is 1.39. The van der Waals surface area contributed by atoms with Crippen LogP contribution in [0, 0.1) is 11.3 Å². The first-order valence-corrected chi connectivity index (χ1v) is 7.82. The number of thioether (sulfide) groups is 1. The van der Waals surface area contributed by atoms with Gasteiger partial charge in [-0.05, 0) is 29.8 Å². The van der Waals surface area contributed by atoms with E-state index in [9.17, 15) is 5.26 Å². The van der Waals surface area contributed by atoms with Gasteiger partial charge in [0, 0.05) is 18.1 Å². The normalized spacial score (nSPS) is 10.9. The van der Waals surface area contributed by atoms with Gasteiger partial charge in [-0.15, -0.1) is 10.2 Å². The maximum Gasteiger partial charge on any atom is 0.284 e. The van der Waals surface area contributed by atoms with E-state index in [2.05, 4.69) is 16.3 Å². The highest BCUT2D eigenvalue weighted by Gasteiger charge is 2.14. The summed E-state index contributed by atoms with van der Waals surface area (Å²) in [7, 11) is 0. The van der Waals surface area contributed by atoms with Crippen molar-refractivity contribution in [2.45, 2.75) is 11.0 Å². The van der Waals surface area contributed by atoms with E-state index in [1.807, 2.05) is 35.0 Å². The van der Waals surface area contributed by atoms with Gasteiger partial charge in [-0.3, -0.25) is 0 Å². The number of nitriles is 1. The Bertz CT molecular complexity index is 995. The van der Waals surface area contributed by atoms with Crippen molar-refractivity contribution in [3.63, 3.8) is 0 Å². The lowest BCUT2D eigenvalue weighted by atomic mass is 10.2. The molecule has 0 fully saturated rings. The minimum Gasteiger partial charge on any atom is -0.459 e. The molecule has 7 heteroatoms. The van der Waals surface area contributed by atoms with E-state index in [-0.39, 0.29) is 0 Å². The Hall–Kier alpha value is -2.98. The third kappa shape index (κ3) is 2.49. The molecule has 0 aliphatic carbocycles. The predicted molar refractivity (Wildman–Crippen MR) is 83.7 cm³/mol. The van der Waals surface area contributed by atoms with E-state index in [0.717, 1.165) is 11.1 Å². The van der Waals surface area contributed by atoms with Gasteiger partial charge in [0.1, 0.15) is 6.07 Å². The van der Waals surface area contributed by atoms with Crippen molar-refractivity contribution in [2.24, 2.45) is 0 Å². The monoisotopic (exact) mass is 322 g/mol. The molecule has 4 heterocycles. The fourth-order valence-electron chi connectivity index (χ4n) is 2.32. The maximum atomic E-state index is 9.40. The van der Waals surface area contributed by atoms with Crippen LogP contribution in [0.2, 0.25) is 0 Å². The van der Waals surface area contributed by atoms with Crippen molar-refractivity contribution in [3.8, 4) is 17.7 Å². The van der Waals surface area contributed by atoms with Gasteiger partial charge in [0.05, 0.1) is 17.3 Å². The lowest BCUT2D eigenvalue weighted by molar-refractivity contribution is 0.447. The summed E-state index contributed by atoms with van der Waals surface area (Å²) in [4.78, 5) is 0. The zero-order valence-electron chi connectivity index (χ0n) is 11.8. The van der Waals surface area contributed by atoms with Crippen LogP contribution in [0.5, 0.6) is 0 Å². The highest BCUT2D eigenvalue weighted by atomic mass is 32.2. The van der Waals surface area contributed by atoms with Gasteiger partial charge in [-0.2, -0.15) is 5.26 Å². The molecule has 112 valence electrons. The highest BCUT2D eigenvalue weighted by molar-refractivity contribution is 7.98. The van der Waals surface area contributed by atoms with Crippen molar-refractivity contribution in [1.29, 1.82) is 5.26 Å². The number of furan rings is 1. The molecule has 4 aromatic rings. The second-order valence-electron chi connectivity index (χ2n) is 4.77. The number of hydrogen-bond donors (Lipinski definition) is 0. The van der Waals surface area contributed by atoms with Crippen LogP contribution < -0.4 is 0 Å². The molecule has 4 aromatic heterocycles. The van der Waals surface area contributed by atoms with Gasteiger partial charge in [-0.25, -0.2) is 0 Å². The molecule has 0 radical (unpaired) electrons. The van der Waals surface area contributed by atoms with Gasteiger partial charge >= 0.3 is 0 Å². The summed E-state index contributed by atoms with van der Waals surface area (Å²) in [6, 6.07) is 11.6. The fourth-order valence-corrected chi connectivity index (χ4v) is 3.06. The zero-order chi connectivity index (χ0) is 15.6. The van der Waals surface area contributed by atoms with Crippen LogP contribution in [0.4, 0.5) is 0 Å². The Morgan fingerprint density at radius 3 is 3.00 bits per heavy atom. The van der Waals surface area contributed by atoms with Crippen LogP contribution in [-0.2, 0) is 5.75 Å². The summed E-state index contributed by atoms with van der Waals surface area (Å²) in [5.74, 6) is 1.46. The molecule has 6 nitrogen and oxygen atoms in total. The summed E-state index contributed by atoms with van der Waals surface area (Å²) in [5, 5.41) is 17.8. The zero-order valence-corrected chi connectivity index (χ0v) is 12.7. The van der Waals surface area contributed by atoms with E-state index >= 15 is 0 Å². The Morgan fingerprint density at radius 1 is 1.22 bits per heavy atom. The molecule has 0 spiro atoms. The summed E-state index contributed by atoms with van der Waals surface area (Å²) < 4.78 is 12.7. The highest BCUT2D eigenvalue weighted by Crippen LogP contribution is 2.28. The van der Waals surface area contributed by atoms with Crippen molar-refractivity contribution >= 4 is 17.3 Å². The molecule has 0 aliphatic rings. The lowest BCUT2D eigenvalue weighted by Gasteiger charge is -1.94. The Labute approximate surface area is 135 Å². The number of pyridine rings is 1. The van der Waals surface area contributed by atoms with E-state index in [1.165, 1.54) is 11.8 Å². The van der Waals surface area contributed by atoms with Gasteiger partial charge < -0.3 is 13.2 Å². The molecule has 0 saturated carbocycles. The summed E-state index contributed by atoms with van der Waals surface area (Å²) in [5.41, 5.74) is 2.50. The molecule has 0 unspecified atom stereocenters. The van der Waals surface area contributed by atoms with Gasteiger partial charge in [0.25, 0.3) is 11.1 Å². The maximum absolute atomic E-state index is 9.40. The molecular formula is C16H10N4O2S. The number of rotatable bonds is 4. The molecule has 0 aromatic carbocycles. The van der Waals surface area contributed by atoms with Crippen molar-refractivity contribution in [2.75, 3.05) is 0 Å². The minimum atomic E-state index is 0.347. The van der Waals surface area contributed by atoms with E-state index in [1.54, 1.807) is 18.4 Å². The first-order chi connectivity index (χ1) is 11.3. The van der Waals surface area contributed by atoms with Gasteiger partial charge in [0.2, 0.25) is 0 Å². The van der Waals surface area contributed by atoms with Crippen molar-refractivity contribution < 1.29 is 8.83 Å². The predicted octanol–water partition coefficient (Wildman–Crippen LogP) is 3.75. The second kappa shape index (κ2) is 5.66. The quantitative estimate of drug-likeness (QED) is 0.532. The smallest absolute Gasteiger partial charge is 0.284 e. The van der Waals surface area contributed by atoms with Crippen LogP contribution in [-0.4, -0.2) is 14.6 Å². The molecule has 0 amide bonds. The van der Waals surface area contributed by atoms with Crippen LogP contribution in [0.25, 0.3) is 17.2 Å². The SMILES string of the molecule is N#Cc1c(CSc2nnc(-c3ccco3)o2)cn2ccccc12. The van der Waals surface area contributed by atoms with Gasteiger partial charge in [0.15, 0.2) is 5.76 Å². The second-order valence-corrected chi connectivity index (χ2v) is 5.70. The molecule has 4 rings (SSSR count). The lowest BCUT2D eigenvalue weighted by Crippen LogP contribution is -1.82. The minimum absolute atomic E-state index is 0.347. The number of hydrogen-bond acceptors (Lipinski definition) is 6. The standard InChI is InChI=1S/C16H10N4O2S/c17-8-12-11(9-20-6-2-1-4-13(12)20)10-23-16-19-18-15(22-16)14-5-3-7-21-14/h1-7,9H,10H2. The molecule has 23 heavy (non-hydrogen) atoms. The Morgan fingerprint density at radius 2 is 2.17 bits per heavy atom. The van der Waals surface area contributed by atoms with Crippen LogP contribution in [0.3, 0.4) is 0 Å². The molecule has 0 aliphatic heterocycles. The largest absolute Gasteiger partial charge is 0.459 e. The van der Waals surface area contributed by atoms with Crippen LogP contribution in [0.15, 0.2) is 63.0 Å². The molecule has 0 bridgehead atoms. The third-order valence-electron chi connectivity index (χ3n) is 3.36. The Kier molecular flexibility index (Phi) is 3.37. The van der Waals surface area contributed by atoms with E-state index < -0.39 is 0 Å². The van der Waals surface area contributed by atoms with E-state index in [4.69, 9.17) is 8.83 Å². The number of fused-ring (bicyclic) bond motifs is 1. The molecule has 0 saturated heterocycles. The van der Waals surface area contributed by atoms with Crippen LogP contribution in [0.1, 0.15) is 11.1 Å². The van der Waals surface area contributed by atoms with Crippen LogP contribution >= 0.6 is 11.8 Å². The summed E-state index contributed by atoms with van der Waals surface area (Å²) in [6.45, 7) is 0. The molecule has 0 atom stereocenters. The number of nitrogens with zero attached hydrogens (tertiary/aromatic N) is 4. The van der Waals surface area contributed by atoms with Crippen molar-refractivity contribution in [1.82, 2.24) is 14.6 Å². The third-order valence-corrected chi connectivity index (χ3v) is 4.23. The first-order valence-electron chi connectivity index (χ1n) is 6.84. The molecular weight excluding hydrogens is 312 g/mol. The van der Waals surface area contributed by atoms with Gasteiger partial charge in [-0.1, -0.05) is 17.8 Å². The fraction of sp³-hybridized carbons (Fsp3) is 0.0625. The topological polar surface area (TPSA) is 80.3 Å². The van der Waals surface area contributed by atoms with Crippen molar-refractivity contribution in [3.05, 3.63) is 60.1 Å². The average molecular weight is 322 g/mol.